The SMILES string of the molecule is COc1cc2c(c(OC)c1OC)-c1ccc(NCCCC(=O)NC3CCS(=O)(=O)C3)c(=O)cc1C(NC(C)=O)CC2. The number of benzene rings is 1. The molecule has 11 nitrogen and oxygen atoms in total. The lowest BCUT2D eigenvalue weighted by Crippen LogP contribution is -2.35. The van der Waals surface area contributed by atoms with E-state index >= 15 is 0 Å². The van der Waals surface area contributed by atoms with Gasteiger partial charge < -0.3 is 30.2 Å². The molecule has 2 aromatic rings. The maximum atomic E-state index is 13.4. The Hall–Kier alpha value is -3.80. The number of hydrogen-bond acceptors (Lipinski definition) is 9. The summed E-state index contributed by atoms with van der Waals surface area (Å²) in [7, 11) is 1.56. The summed E-state index contributed by atoms with van der Waals surface area (Å²) >= 11 is 0. The Kier molecular flexibility index (Phi) is 9.42. The first-order chi connectivity index (χ1) is 19.6. The summed E-state index contributed by atoms with van der Waals surface area (Å²) in [6, 6.07) is 6.21. The number of ether oxygens (including phenoxy) is 3. The lowest BCUT2D eigenvalue weighted by molar-refractivity contribution is -0.122. The number of carbonyl (C=O) groups excluding carboxylic acids is 2. The number of nitrogens with one attached hydrogen (secondary N) is 3. The van der Waals surface area contributed by atoms with Crippen molar-refractivity contribution in [1.29, 1.82) is 0 Å². The normalized spacial score (nSPS) is 18.7. The van der Waals surface area contributed by atoms with Crippen molar-refractivity contribution in [3.05, 3.63) is 45.6 Å². The quantitative estimate of drug-likeness (QED) is 0.356. The van der Waals surface area contributed by atoms with Gasteiger partial charge in [0.1, 0.15) is 0 Å². The summed E-state index contributed by atoms with van der Waals surface area (Å²) in [5, 5.41) is 8.89. The second-order valence-electron chi connectivity index (χ2n) is 10.3. The first-order valence-corrected chi connectivity index (χ1v) is 15.4. The fourth-order valence-electron chi connectivity index (χ4n) is 5.53. The van der Waals surface area contributed by atoms with E-state index in [1.54, 1.807) is 20.3 Å². The van der Waals surface area contributed by atoms with Gasteiger partial charge in [-0.3, -0.25) is 14.4 Å². The van der Waals surface area contributed by atoms with Crippen molar-refractivity contribution in [1.82, 2.24) is 10.6 Å². The van der Waals surface area contributed by atoms with Crippen molar-refractivity contribution in [3.8, 4) is 28.4 Å². The van der Waals surface area contributed by atoms with E-state index in [4.69, 9.17) is 14.2 Å². The van der Waals surface area contributed by atoms with Crippen LogP contribution < -0.4 is 35.6 Å². The molecule has 1 fully saturated rings. The van der Waals surface area contributed by atoms with Crippen LogP contribution in [0, 0.1) is 0 Å². The minimum Gasteiger partial charge on any atom is -0.493 e. The molecule has 4 rings (SSSR count). The van der Waals surface area contributed by atoms with E-state index in [9.17, 15) is 22.8 Å². The molecule has 1 aliphatic heterocycles. The van der Waals surface area contributed by atoms with Gasteiger partial charge in [-0.15, -0.1) is 0 Å². The van der Waals surface area contributed by atoms with Crippen LogP contribution in [0.15, 0.2) is 29.1 Å². The molecule has 0 radical (unpaired) electrons. The third-order valence-electron chi connectivity index (χ3n) is 7.41. The van der Waals surface area contributed by atoms with E-state index in [1.807, 2.05) is 12.1 Å². The summed E-state index contributed by atoms with van der Waals surface area (Å²) in [5.41, 5.74) is 3.18. The van der Waals surface area contributed by atoms with Crippen LogP contribution in [0.5, 0.6) is 17.2 Å². The van der Waals surface area contributed by atoms with Gasteiger partial charge >= 0.3 is 0 Å². The van der Waals surface area contributed by atoms with Crippen LogP contribution in [0.1, 0.15) is 49.8 Å². The molecule has 1 aliphatic carbocycles. The second-order valence-corrected chi connectivity index (χ2v) is 12.5. The fraction of sp³-hybridized carbons (Fsp3) is 0.483. The topological polar surface area (TPSA) is 149 Å². The van der Waals surface area contributed by atoms with Crippen LogP contribution in [-0.2, 0) is 25.8 Å². The number of amides is 2. The molecule has 2 atom stereocenters. The maximum absolute atomic E-state index is 13.4. The van der Waals surface area contributed by atoms with Crippen LogP contribution in [-0.4, -0.2) is 65.7 Å². The lowest BCUT2D eigenvalue weighted by atomic mass is 9.95. The average molecular weight is 588 g/mol. The third-order valence-corrected chi connectivity index (χ3v) is 9.18. The van der Waals surface area contributed by atoms with Crippen LogP contribution in [0.25, 0.3) is 11.1 Å². The van der Waals surface area contributed by atoms with E-state index in [0.717, 1.165) is 16.7 Å². The number of sulfone groups is 1. The molecule has 2 unspecified atom stereocenters. The standard InChI is InChI=1S/C29H37N3O8S/c1-17(33)31-22-9-7-18-14-25(38-2)28(39-3)29(40-4)27(18)20-8-10-23(24(34)15-21(20)22)30-12-5-6-26(35)32-19-11-13-41(36,37)16-19/h8,10,14-15,19,22H,5-7,9,11-13,16H2,1-4H3,(H,30,34)(H,31,33)(H,32,35). The number of hydrogen-bond donors (Lipinski definition) is 3. The van der Waals surface area contributed by atoms with Gasteiger partial charge in [0.05, 0.1) is 44.6 Å². The Morgan fingerprint density at radius 2 is 1.76 bits per heavy atom. The Balaban J connectivity index is 1.61. The molecule has 0 aromatic heterocycles. The Morgan fingerprint density at radius 1 is 1.00 bits per heavy atom. The van der Waals surface area contributed by atoms with Crippen LogP contribution in [0.4, 0.5) is 5.69 Å². The average Bonchev–Trinajstić information content (AvgIpc) is 3.09. The lowest BCUT2D eigenvalue weighted by Gasteiger charge is -2.19. The van der Waals surface area contributed by atoms with Gasteiger partial charge in [-0.2, -0.15) is 0 Å². The molecule has 2 aliphatic rings. The number of anilines is 1. The zero-order valence-corrected chi connectivity index (χ0v) is 24.6. The third kappa shape index (κ3) is 6.92. The highest BCUT2D eigenvalue weighted by Gasteiger charge is 2.30. The van der Waals surface area contributed by atoms with Gasteiger partial charge in [-0.05, 0) is 60.6 Å². The molecule has 1 heterocycles. The molecule has 1 saturated heterocycles. The van der Waals surface area contributed by atoms with E-state index in [1.165, 1.54) is 20.1 Å². The fourth-order valence-corrected chi connectivity index (χ4v) is 7.21. The van der Waals surface area contributed by atoms with Crippen molar-refractivity contribution in [2.24, 2.45) is 0 Å². The minimum absolute atomic E-state index is 0.0201. The highest BCUT2D eigenvalue weighted by Crippen LogP contribution is 2.50. The Labute approximate surface area is 239 Å². The van der Waals surface area contributed by atoms with Gasteiger partial charge in [-0.1, -0.05) is 6.07 Å². The van der Waals surface area contributed by atoms with E-state index in [2.05, 4.69) is 16.0 Å². The minimum atomic E-state index is -3.07. The van der Waals surface area contributed by atoms with Gasteiger partial charge in [0.2, 0.25) is 23.0 Å². The van der Waals surface area contributed by atoms with Crippen molar-refractivity contribution in [2.45, 2.75) is 51.1 Å². The molecule has 12 heteroatoms. The van der Waals surface area contributed by atoms with Gasteiger partial charge in [0.25, 0.3) is 0 Å². The first kappa shape index (κ1) is 30.2. The number of rotatable bonds is 10. The molecule has 0 bridgehead atoms. The summed E-state index contributed by atoms with van der Waals surface area (Å²) in [5.74, 6) is 1.08. The molecular formula is C29H37N3O8S. The van der Waals surface area contributed by atoms with E-state index in [0.29, 0.717) is 60.7 Å². The van der Waals surface area contributed by atoms with E-state index in [-0.39, 0.29) is 41.2 Å². The number of carbonyl (C=O) groups is 2. The molecular weight excluding hydrogens is 550 g/mol. The molecule has 2 amide bonds. The van der Waals surface area contributed by atoms with Gasteiger partial charge in [-0.25, -0.2) is 8.42 Å². The van der Waals surface area contributed by atoms with Crippen LogP contribution in [0.3, 0.4) is 0 Å². The van der Waals surface area contributed by atoms with Crippen LogP contribution in [0.2, 0.25) is 0 Å². The van der Waals surface area contributed by atoms with Crippen molar-refractivity contribution in [3.63, 3.8) is 0 Å². The molecule has 3 N–H and O–H groups in total. The molecule has 2 aromatic carbocycles. The Bertz CT molecular complexity index is 1490. The number of aryl methyl sites for hydroxylation is 1. The highest BCUT2D eigenvalue weighted by atomic mass is 32.2. The van der Waals surface area contributed by atoms with Crippen LogP contribution >= 0.6 is 0 Å². The van der Waals surface area contributed by atoms with Gasteiger partial charge in [0, 0.05) is 31.5 Å². The zero-order chi connectivity index (χ0) is 29.7. The summed E-state index contributed by atoms with van der Waals surface area (Å²) < 4.78 is 40.2. The number of fused-ring (bicyclic) bond motifs is 3. The van der Waals surface area contributed by atoms with Crippen molar-refractivity contribution < 1.29 is 32.2 Å². The highest BCUT2D eigenvalue weighted by molar-refractivity contribution is 7.91. The summed E-state index contributed by atoms with van der Waals surface area (Å²) in [6.07, 6.45) is 2.24. The second kappa shape index (κ2) is 12.8. The largest absolute Gasteiger partial charge is 0.493 e. The molecule has 41 heavy (non-hydrogen) atoms. The predicted molar refractivity (Wildman–Crippen MR) is 156 cm³/mol. The first-order valence-electron chi connectivity index (χ1n) is 13.6. The smallest absolute Gasteiger partial charge is 0.220 e. The van der Waals surface area contributed by atoms with Crippen molar-refractivity contribution >= 4 is 27.3 Å². The summed E-state index contributed by atoms with van der Waals surface area (Å²) in [4.78, 5) is 37.7. The predicted octanol–water partition coefficient (Wildman–Crippen LogP) is 2.36. The summed E-state index contributed by atoms with van der Waals surface area (Å²) in [6.45, 7) is 1.81. The Morgan fingerprint density at radius 3 is 2.39 bits per heavy atom. The van der Waals surface area contributed by atoms with E-state index < -0.39 is 15.9 Å². The number of methoxy groups -OCH3 is 3. The monoisotopic (exact) mass is 587 g/mol. The maximum Gasteiger partial charge on any atom is 0.220 e. The van der Waals surface area contributed by atoms with Gasteiger partial charge in [0.15, 0.2) is 21.3 Å². The molecule has 222 valence electrons. The zero-order valence-electron chi connectivity index (χ0n) is 23.8. The van der Waals surface area contributed by atoms with Crippen molar-refractivity contribution in [2.75, 3.05) is 44.7 Å². The molecule has 0 saturated carbocycles. The molecule has 0 spiro atoms.